The van der Waals surface area contributed by atoms with Gasteiger partial charge in [0.05, 0.1) is 12.7 Å². The summed E-state index contributed by atoms with van der Waals surface area (Å²) in [5.74, 6) is -1.61. The number of hydrogen-bond donors (Lipinski definition) is 2. The van der Waals surface area contributed by atoms with Gasteiger partial charge in [-0.25, -0.2) is 4.79 Å². The first-order valence-electron chi connectivity index (χ1n) is 8.41. The number of nitrogens with one attached hydrogen (secondary N) is 1. The Hall–Kier alpha value is -2.87. The summed E-state index contributed by atoms with van der Waals surface area (Å²) in [5.41, 5.74) is 0.803. The smallest absolute Gasteiger partial charge is 0.416 e. The number of carbonyl (C=O) groups is 2. The van der Waals surface area contributed by atoms with Crippen molar-refractivity contribution in [3.63, 3.8) is 0 Å². The van der Waals surface area contributed by atoms with Crippen molar-refractivity contribution in [1.29, 1.82) is 0 Å². The number of aryl methyl sites for hydroxylation is 1. The highest BCUT2D eigenvalue weighted by atomic mass is 19.4. The van der Waals surface area contributed by atoms with Crippen LogP contribution in [0.1, 0.15) is 28.4 Å². The fourth-order valence-electron chi connectivity index (χ4n) is 2.65. The van der Waals surface area contributed by atoms with Gasteiger partial charge in [0, 0.05) is 6.42 Å². The van der Waals surface area contributed by atoms with Crippen molar-refractivity contribution in [3.8, 4) is 0 Å². The van der Waals surface area contributed by atoms with Gasteiger partial charge in [0.15, 0.2) is 6.10 Å². The quantitative estimate of drug-likeness (QED) is 0.738. The standard InChI is InChI=1S/C20H20F3NO4/c1-12-5-3-4-6-14(12)11-16(19(27)28-2)24-18(26)17(25)13-7-9-15(10-8-13)20(21,22)23/h3-10,16-17,25H,11H2,1-2H3,(H,24,26)/t16-,17+/m0/s1. The third kappa shape index (κ3) is 5.32. The number of aliphatic hydroxyl groups excluding tert-OH is 1. The second kappa shape index (κ2) is 8.88. The van der Waals surface area contributed by atoms with E-state index in [9.17, 15) is 27.9 Å². The van der Waals surface area contributed by atoms with Gasteiger partial charge in [0.2, 0.25) is 0 Å². The third-order valence-electron chi connectivity index (χ3n) is 4.29. The number of esters is 1. The van der Waals surface area contributed by atoms with E-state index in [-0.39, 0.29) is 12.0 Å². The number of ether oxygens (including phenoxy) is 1. The maximum Gasteiger partial charge on any atom is 0.416 e. The molecule has 0 radical (unpaired) electrons. The van der Waals surface area contributed by atoms with E-state index in [2.05, 4.69) is 5.32 Å². The molecule has 0 aromatic heterocycles. The van der Waals surface area contributed by atoms with Crippen LogP contribution in [0.15, 0.2) is 48.5 Å². The van der Waals surface area contributed by atoms with E-state index in [0.717, 1.165) is 35.4 Å². The predicted octanol–water partition coefficient (Wildman–Crippen LogP) is 2.95. The predicted molar refractivity (Wildman–Crippen MR) is 95.2 cm³/mol. The maximum atomic E-state index is 12.6. The van der Waals surface area contributed by atoms with Gasteiger partial charge >= 0.3 is 12.1 Å². The average molecular weight is 395 g/mol. The molecule has 5 nitrogen and oxygen atoms in total. The fraction of sp³-hybridized carbons (Fsp3) is 0.300. The summed E-state index contributed by atoms with van der Waals surface area (Å²) < 4.78 is 42.6. The SMILES string of the molecule is COC(=O)[C@H](Cc1ccccc1C)NC(=O)[C@H](O)c1ccc(C(F)(F)F)cc1. The van der Waals surface area contributed by atoms with Crippen LogP contribution in [-0.2, 0) is 26.9 Å². The minimum Gasteiger partial charge on any atom is -0.467 e. The van der Waals surface area contributed by atoms with Crippen LogP contribution in [0.3, 0.4) is 0 Å². The number of amides is 1. The minimum atomic E-state index is -4.52. The molecule has 28 heavy (non-hydrogen) atoms. The van der Waals surface area contributed by atoms with Crippen LogP contribution >= 0.6 is 0 Å². The molecule has 2 rings (SSSR count). The monoisotopic (exact) mass is 395 g/mol. The van der Waals surface area contributed by atoms with Gasteiger partial charge in [-0.15, -0.1) is 0 Å². The first-order chi connectivity index (χ1) is 13.1. The molecule has 0 unspecified atom stereocenters. The van der Waals surface area contributed by atoms with Gasteiger partial charge < -0.3 is 15.2 Å². The second-order valence-corrected chi connectivity index (χ2v) is 6.24. The maximum absolute atomic E-state index is 12.6. The third-order valence-corrected chi connectivity index (χ3v) is 4.29. The summed E-state index contributed by atoms with van der Waals surface area (Å²) >= 11 is 0. The molecule has 2 aromatic carbocycles. The molecule has 0 bridgehead atoms. The molecule has 0 aliphatic rings. The highest BCUT2D eigenvalue weighted by molar-refractivity contribution is 5.87. The zero-order chi connectivity index (χ0) is 20.9. The van der Waals surface area contributed by atoms with Crippen LogP contribution in [0.5, 0.6) is 0 Å². The van der Waals surface area contributed by atoms with Gasteiger partial charge in [-0.3, -0.25) is 4.79 Å². The Balaban J connectivity index is 2.14. The van der Waals surface area contributed by atoms with Gasteiger partial charge in [-0.2, -0.15) is 13.2 Å². The lowest BCUT2D eigenvalue weighted by Gasteiger charge is -2.20. The van der Waals surface area contributed by atoms with Gasteiger partial charge in [0.25, 0.3) is 5.91 Å². The number of hydrogen-bond acceptors (Lipinski definition) is 4. The first kappa shape index (κ1) is 21.4. The van der Waals surface area contributed by atoms with Crippen molar-refractivity contribution in [2.75, 3.05) is 7.11 Å². The van der Waals surface area contributed by atoms with Crippen LogP contribution in [0, 0.1) is 6.92 Å². The second-order valence-electron chi connectivity index (χ2n) is 6.24. The molecule has 2 N–H and O–H groups in total. The van der Waals surface area contributed by atoms with Gasteiger partial charge in [0.1, 0.15) is 6.04 Å². The Morgan fingerprint density at radius 2 is 1.71 bits per heavy atom. The fourth-order valence-corrected chi connectivity index (χ4v) is 2.65. The number of benzene rings is 2. The molecule has 0 fully saturated rings. The Morgan fingerprint density at radius 1 is 1.11 bits per heavy atom. The Bertz CT molecular complexity index is 834. The number of methoxy groups -OCH3 is 1. The number of carbonyl (C=O) groups excluding carboxylic acids is 2. The molecular formula is C20H20F3NO4. The normalized spacial score (nSPS) is 13.5. The van der Waals surface area contributed by atoms with E-state index in [4.69, 9.17) is 4.74 Å². The molecule has 0 saturated heterocycles. The van der Waals surface area contributed by atoms with E-state index in [1.807, 2.05) is 19.1 Å². The summed E-state index contributed by atoms with van der Waals surface area (Å²) in [6.45, 7) is 1.85. The van der Waals surface area contributed by atoms with Crippen molar-refractivity contribution < 1.29 is 32.6 Å². The Kier molecular flexibility index (Phi) is 6.80. The van der Waals surface area contributed by atoms with E-state index in [1.54, 1.807) is 12.1 Å². The minimum absolute atomic E-state index is 0.0231. The zero-order valence-corrected chi connectivity index (χ0v) is 15.3. The van der Waals surface area contributed by atoms with E-state index < -0.39 is 35.8 Å². The molecule has 0 aliphatic heterocycles. The largest absolute Gasteiger partial charge is 0.467 e. The lowest BCUT2D eigenvalue weighted by atomic mass is 10.0. The summed E-state index contributed by atoms with van der Waals surface area (Å²) in [4.78, 5) is 24.4. The summed E-state index contributed by atoms with van der Waals surface area (Å²) in [6, 6.07) is 9.79. The molecule has 150 valence electrons. The van der Waals surface area contributed by atoms with E-state index in [0.29, 0.717) is 0 Å². The highest BCUT2D eigenvalue weighted by Crippen LogP contribution is 2.30. The number of alkyl halides is 3. The van der Waals surface area contributed by atoms with Crippen molar-refractivity contribution in [2.24, 2.45) is 0 Å². The van der Waals surface area contributed by atoms with E-state index >= 15 is 0 Å². The number of aliphatic hydroxyl groups is 1. The summed E-state index contributed by atoms with van der Waals surface area (Å²) in [6.07, 6.45) is -6.11. The van der Waals surface area contributed by atoms with Gasteiger partial charge in [-0.05, 0) is 35.7 Å². The molecular weight excluding hydrogens is 375 g/mol. The van der Waals surface area contributed by atoms with Crippen LogP contribution in [-0.4, -0.2) is 30.1 Å². The lowest BCUT2D eigenvalue weighted by molar-refractivity contribution is -0.146. The summed E-state index contributed by atoms with van der Waals surface area (Å²) in [7, 11) is 1.17. The Labute approximate surface area is 160 Å². The number of rotatable bonds is 6. The molecule has 0 saturated carbocycles. The first-order valence-corrected chi connectivity index (χ1v) is 8.41. The zero-order valence-electron chi connectivity index (χ0n) is 15.3. The molecule has 8 heteroatoms. The topological polar surface area (TPSA) is 75.6 Å². The average Bonchev–Trinajstić information content (AvgIpc) is 2.67. The Morgan fingerprint density at radius 3 is 2.25 bits per heavy atom. The van der Waals surface area contributed by atoms with Crippen molar-refractivity contribution in [2.45, 2.75) is 31.7 Å². The van der Waals surface area contributed by atoms with Crippen LogP contribution in [0.4, 0.5) is 13.2 Å². The molecule has 2 atom stereocenters. The van der Waals surface area contributed by atoms with Crippen LogP contribution in [0.25, 0.3) is 0 Å². The summed E-state index contributed by atoms with van der Waals surface area (Å²) in [5, 5.41) is 12.6. The molecule has 0 aliphatic carbocycles. The van der Waals surface area contributed by atoms with E-state index in [1.165, 1.54) is 7.11 Å². The molecule has 2 aromatic rings. The molecule has 0 spiro atoms. The van der Waals surface area contributed by atoms with Crippen LogP contribution in [0.2, 0.25) is 0 Å². The lowest BCUT2D eigenvalue weighted by Crippen LogP contribution is -2.45. The van der Waals surface area contributed by atoms with Crippen molar-refractivity contribution >= 4 is 11.9 Å². The van der Waals surface area contributed by atoms with Crippen molar-refractivity contribution in [1.82, 2.24) is 5.32 Å². The number of halogens is 3. The van der Waals surface area contributed by atoms with Crippen molar-refractivity contribution in [3.05, 3.63) is 70.8 Å². The van der Waals surface area contributed by atoms with Gasteiger partial charge in [-0.1, -0.05) is 36.4 Å². The van der Waals surface area contributed by atoms with Crippen LogP contribution < -0.4 is 5.32 Å². The molecule has 1 amide bonds. The highest BCUT2D eigenvalue weighted by Gasteiger charge is 2.31. The molecule has 0 heterocycles.